The van der Waals surface area contributed by atoms with E-state index >= 15 is 0 Å². The Balaban J connectivity index is 1.64. The second kappa shape index (κ2) is 9.46. The molecule has 1 atom stereocenters. The van der Waals surface area contributed by atoms with E-state index in [0.717, 1.165) is 18.5 Å². The predicted octanol–water partition coefficient (Wildman–Crippen LogP) is 3.47. The minimum atomic E-state index is -0.535. The summed E-state index contributed by atoms with van der Waals surface area (Å²) in [6.45, 7) is 3.07. The van der Waals surface area contributed by atoms with Crippen molar-refractivity contribution in [2.24, 2.45) is 0 Å². The van der Waals surface area contributed by atoms with Gasteiger partial charge in [0, 0.05) is 18.8 Å². The fourth-order valence-corrected chi connectivity index (χ4v) is 3.88. The molecule has 2 amide bonds. The number of aryl methyl sites for hydroxylation is 1. The average Bonchev–Trinajstić information content (AvgIpc) is 2.93. The smallest absolute Gasteiger partial charge is 0.252 e. The lowest BCUT2D eigenvalue weighted by molar-refractivity contribution is -0.130. The van der Waals surface area contributed by atoms with Crippen LogP contribution in [0.5, 0.6) is 0 Å². The molecule has 1 N–H and O–H groups in total. The van der Waals surface area contributed by atoms with Gasteiger partial charge in [0.15, 0.2) is 5.11 Å². The lowest BCUT2D eigenvalue weighted by atomic mass is 10.1. The van der Waals surface area contributed by atoms with Crippen LogP contribution in [0.25, 0.3) is 0 Å². The molecular weight excluding hydrogens is 370 g/mol. The van der Waals surface area contributed by atoms with E-state index in [9.17, 15) is 9.59 Å². The average molecular weight is 396 g/mol. The van der Waals surface area contributed by atoms with Crippen molar-refractivity contribution in [2.75, 3.05) is 18.4 Å². The van der Waals surface area contributed by atoms with E-state index in [2.05, 4.69) is 17.4 Å². The topological polar surface area (TPSA) is 52.7 Å². The van der Waals surface area contributed by atoms with Gasteiger partial charge in [-0.15, -0.1) is 0 Å². The molecule has 0 aromatic heterocycles. The molecule has 28 heavy (non-hydrogen) atoms. The second-order valence-electron chi connectivity index (χ2n) is 6.78. The quantitative estimate of drug-likeness (QED) is 0.696. The molecule has 146 valence electrons. The number of amides is 2. The van der Waals surface area contributed by atoms with Gasteiger partial charge in [0.1, 0.15) is 6.04 Å². The Morgan fingerprint density at radius 1 is 1.07 bits per heavy atom. The standard InChI is InChI=1S/C22H25N3O2S/c1-2-24-21(27)19(16-20(26)23-18-13-7-4-8-14-18)25(22(24)28)15-9-12-17-10-5-3-6-11-17/h3-8,10-11,13-14,19H,2,9,12,15-16H2,1H3,(H,23,26)/t19-/m1/s1. The summed E-state index contributed by atoms with van der Waals surface area (Å²) in [6, 6.07) is 19.0. The second-order valence-corrected chi connectivity index (χ2v) is 7.15. The van der Waals surface area contributed by atoms with Crippen molar-refractivity contribution in [3.8, 4) is 0 Å². The Bertz CT molecular complexity index is 826. The Hall–Kier alpha value is -2.73. The Labute approximate surface area is 171 Å². The number of hydrogen-bond acceptors (Lipinski definition) is 3. The molecule has 0 saturated carbocycles. The third-order valence-electron chi connectivity index (χ3n) is 4.86. The van der Waals surface area contributed by atoms with Crippen molar-refractivity contribution in [2.45, 2.75) is 32.2 Å². The van der Waals surface area contributed by atoms with Gasteiger partial charge in [0.05, 0.1) is 6.42 Å². The van der Waals surface area contributed by atoms with Crippen molar-refractivity contribution in [1.82, 2.24) is 9.80 Å². The Morgan fingerprint density at radius 3 is 2.36 bits per heavy atom. The third-order valence-corrected chi connectivity index (χ3v) is 5.32. The van der Waals surface area contributed by atoms with E-state index in [4.69, 9.17) is 12.2 Å². The van der Waals surface area contributed by atoms with Gasteiger partial charge in [-0.3, -0.25) is 14.5 Å². The zero-order chi connectivity index (χ0) is 19.9. The number of likely N-dealkylation sites (N-methyl/N-ethyl adjacent to an activating group) is 1. The summed E-state index contributed by atoms with van der Waals surface area (Å²) in [5, 5.41) is 3.39. The third kappa shape index (κ3) is 4.75. The molecule has 0 radical (unpaired) electrons. The van der Waals surface area contributed by atoms with E-state index in [-0.39, 0.29) is 18.2 Å². The maximum absolute atomic E-state index is 12.8. The summed E-state index contributed by atoms with van der Waals surface area (Å²) in [4.78, 5) is 28.8. The molecule has 3 rings (SSSR count). The summed E-state index contributed by atoms with van der Waals surface area (Å²) in [5.74, 6) is -0.270. The summed E-state index contributed by atoms with van der Waals surface area (Å²) in [5.41, 5.74) is 1.98. The van der Waals surface area contributed by atoms with Crippen molar-refractivity contribution in [3.05, 3.63) is 66.2 Å². The number of carbonyl (C=O) groups is 2. The Kier molecular flexibility index (Phi) is 6.76. The fraction of sp³-hybridized carbons (Fsp3) is 0.318. The van der Waals surface area contributed by atoms with Crippen LogP contribution in [0.3, 0.4) is 0 Å². The first kappa shape index (κ1) is 20.0. The van der Waals surface area contributed by atoms with Gasteiger partial charge in [-0.05, 0) is 49.7 Å². The van der Waals surface area contributed by atoms with Crippen molar-refractivity contribution < 1.29 is 9.59 Å². The molecule has 1 aliphatic rings. The van der Waals surface area contributed by atoms with Crippen LogP contribution in [0.1, 0.15) is 25.3 Å². The predicted molar refractivity (Wildman–Crippen MR) is 115 cm³/mol. The van der Waals surface area contributed by atoms with E-state index in [1.54, 1.807) is 4.90 Å². The van der Waals surface area contributed by atoms with E-state index in [1.807, 2.05) is 60.4 Å². The highest BCUT2D eigenvalue weighted by Gasteiger charge is 2.42. The maximum Gasteiger partial charge on any atom is 0.252 e. The lowest BCUT2D eigenvalue weighted by Gasteiger charge is -2.23. The van der Waals surface area contributed by atoms with Gasteiger partial charge in [0.25, 0.3) is 5.91 Å². The molecule has 6 heteroatoms. The number of carbonyl (C=O) groups excluding carboxylic acids is 2. The minimum Gasteiger partial charge on any atom is -0.336 e. The number of para-hydroxylation sites is 1. The van der Waals surface area contributed by atoms with Crippen LogP contribution >= 0.6 is 12.2 Å². The lowest BCUT2D eigenvalue weighted by Crippen LogP contribution is -2.38. The van der Waals surface area contributed by atoms with Crippen LogP contribution in [-0.4, -0.2) is 45.9 Å². The minimum absolute atomic E-state index is 0.0876. The number of nitrogens with one attached hydrogen (secondary N) is 1. The highest BCUT2D eigenvalue weighted by atomic mass is 32.1. The van der Waals surface area contributed by atoms with Crippen LogP contribution < -0.4 is 5.32 Å². The normalized spacial score (nSPS) is 16.5. The number of hydrogen-bond donors (Lipinski definition) is 1. The molecule has 2 aromatic rings. The van der Waals surface area contributed by atoms with Crippen LogP contribution in [-0.2, 0) is 16.0 Å². The van der Waals surface area contributed by atoms with Crippen LogP contribution in [0.2, 0.25) is 0 Å². The van der Waals surface area contributed by atoms with Gasteiger partial charge in [-0.2, -0.15) is 0 Å². The summed E-state index contributed by atoms with van der Waals surface area (Å²) in [7, 11) is 0. The molecule has 5 nitrogen and oxygen atoms in total. The molecule has 1 aliphatic heterocycles. The number of nitrogens with zero attached hydrogens (tertiary/aromatic N) is 2. The van der Waals surface area contributed by atoms with Crippen molar-refractivity contribution in [3.63, 3.8) is 0 Å². The van der Waals surface area contributed by atoms with E-state index < -0.39 is 6.04 Å². The highest BCUT2D eigenvalue weighted by molar-refractivity contribution is 7.80. The molecule has 0 spiro atoms. The van der Waals surface area contributed by atoms with E-state index in [0.29, 0.717) is 18.2 Å². The zero-order valence-corrected chi connectivity index (χ0v) is 16.8. The van der Waals surface area contributed by atoms with Gasteiger partial charge in [0.2, 0.25) is 5.91 Å². The van der Waals surface area contributed by atoms with Crippen LogP contribution in [0.4, 0.5) is 5.69 Å². The number of thiocarbonyl (C=S) groups is 1. The van der Waals surface area contributed by atoms with Crippen LogP contribution in [0, 0.1) is 0 Å². The first-order valence-electron chi connectivity index (χ1n) is 9.61. The molecule has 0 aliphatic carbocycles. The fourth-order valence-electron chi connectivity index (χ4n) is 3.44. The van der Waals surface area contributed by atoms with Gasteiger partial charge < -0.3 is 10.2 Å². The van der Waals surface area contributed by atoms with Gasteiger partial charge in [-0.1, -0.05) is 48.5 Å². The maximum atomic E-state index is 12.8. The first-order chi connectivity index (χ1) is 13.6. The molecule has 0 bridgehead atoms. The molecular formula is C22H25N3O2S. The molecule has 1 heterocycles. The molecule has 2 aromatic carbocycles. The number of anilines is 1. The van der Waals surface area contributed by atoms with Crippen molar-refractivity contribution >= 4 is 34.8 Å². The largest absolute Gasteiger partial charge is 0.336 e. The van der Waals surface area contributed by atoms with Gasteiger partial charge in [-0.25, -0.2) is 0 Å². The van der Waals surface area contributed by atoms with Crippen molar-refractivity contribution in [1.29, 1.82) is 0 Å². The Morgan fingerprint density at radius 2 is 1.71 bits per heavy atom. The molecule has 1 fully saturated rings. The highest BCUT2D eigenvalue weighted by Crippen LogP contribution is 2.22. The summed E-state index contributed by atoms with van der Waals surface area (Å²) < 4.78 is 0. The number of benzene rings is 2. The van der Waals surface area contributed by atoms with E-state index in [1.165, 1.54) is 5.56 Å². The first-order valence-corrected chi connectivity index (χ1v) is 10.0. The number of rotatable bonds is 8. The monoisotopic (exact) mass is 395 g/mol. The molecule has 1 saturated heterocycles. The zero-order valence-electron chi connectivity index (χ0n) is 16.0. The summed E-state index contributed by atoms with van der Waals surface area (Å²) >= 11 is 5.53. The molecule has 0 unspecified atom stereocenters. The van der Waals surface area contributed by atoms with Crippen LogP contribution in [0.15, 0.2) is 60.7 Å². The SMILES string of the molecule is CCN1C(=O)[C@@H](CC(=O)Nc2ccccc2)N(CCCc2ccccc2)C1=S. The van der Waals surface area contributed by atoms with Gasteiger partial charge >= 0.3 is 0 Å². The summed E-state index contributed by atoms with van der Waals surface area (Å²) in [6.07, 6.45) is 1.87.